The first-order chi connectivity index (χ1) is 12.9. The molecule has 3 aromatic rings. The van der Waals surface area contributed by atoms with E-state index in [4.69, 9.17) is 21.1 Å². The van der Waals surface area contributed by atoms with Crippen molar-refractivity contribution in [2.45, 2.75) is 6.92 Å². The molecule has 27 heavy (non-hydrogen) atoms. The maximum atomic E-state index is 13.2. The Morgan fingerprint density at radius 2 is 1.89 bits per heavy atom. The molecule has 0 aliphatic carbocycles. The minimum absolute atomic E-state index is 0.130. The lowest BCUT2D eigenvalue weighted by molar-refractivity contribution is 0.103. The SMILES string of the molecule is COc1ccc(-c2nc(C)c(C(=O)Nc3ccc(F)cc3Cl)s2)cc1OC. The molecular weight excluding hydrogens is 391 g/mol. The first-order valence-electron chi connectivity index (χ1n) is 7.89. The van der Waals surface area contributed by atoms with Crippen LogP contribution in [-0.2, 0) is 0 Å². The van der Waals surface area contributed by atoms with Gasteiger partial charge in [-0.25, -0.2) is 9.37 Å². The topological polar surface area (TPSA) is 60.5 Å². The number of ether oxygens (including phenoxy) is 2. The smallest absolute Gasteiger partial charge is 0.267 e. The second-order valence-electron chi connectivity index (χ2n) is 5.58. The fourth-order valence-electron chi connectivity index (χ4n) is 2.47. The van der Waals surface area contributed by atoms with Crippen LogP contribution in [-0.4, -0.2) is 25.1 Å². The van der Waals surface area contributed by atoms with E-state index in [1.165, 1.54) is 23.5 Å². The number of halogens is 2. The van der Waals surface area contributed by atoms with Crippen LogP contribution in [0.5, 0.6) is 11.5 Å². The lowest BCUT2D eigenvalue weighted by Crippen LogP contribution is -2.11. The number of aryl methyl sites for hydroxylation is 1. The van der Waals surface area contributed by atoms with Gasteiger partial charge in [-0.1, -0.05) is 11.6 Å². The predicted molar refractivity (Wildman–Crippen MR) is 105 cm³/mol. The van der Waals surface area contributed by atoms with Gasteiger partial charge in [-0.05, 0) is 43.3 Å². The molecule has 5 nitrogen and oxygen atoms in total. The molecule has 0 unspecified atom stereocenters. The van der Waals surface area contributed by atoms with Crippen LogP contribution in [0, 0.1) is 12.7 Å². The molecule has 0 atom stereocenters. The number of hydrogen-bond acceptors (Lipinski definition) is 5. The quantitative estimate of drug-likeness (QED) is 0.634. The van der Waals surface area contributed by atoms with Gasteiger partial charge in [0, 0.05) is 5.56 Å². The molecule has 0 radical (unpaired) electrons. The van der Waals surface area contributed by atoms with Crippen LogP contribution < -0.4 is 14.8 Å². The number of thiazole rings is 1. The van der Waals surface area contributed by atoms with Crippen molar-refractivity contribution in [1.82, 2.24) is 4.98 Å². The highest BCUT2D eigenvalue weighted by Gasteiger charge is 2.18. The number of methoxy groups -OCH3 is 2. The number of rotatable bonds is 5. The Balaban J connectivity index is 1.89. The Labute approximate surface area is 164 Å². The van der Waals surface area contributed by atoms with Crippen molar-refractivity contribution in [2.75, 3.05) is 19.5 Å². The lowest BCUT2D eigenvalue weighted by Gasteiger charge is -2.08. The van der Waals surface area contributed by atoms with E-state index in [1.807, 2.05) is 6.07 Å². The standard InChI is InChI=1S/C19H16ClFN2O3S/c1-10-17(18(24)23-14-6-5-12(21)9-13(14)20)27-19(22-10)11-4-7-15(25-2)16(8-11)26-3/h4-9H,1-3H3,(H,23,24). The molecule has 1 heterocycles. The van der Waals surface area contributed by atoms with Crippen LogP contribution in [0.4, 0.5) is 10.1 Å². The molecule has 1 N–H and O–H groups in total. The number of aromatic nitrogens is 1. The molecule has 2 aromatic carbocycles. The van der Waals surface area contributed by atoms with Crippen LogP contribution in [0.15, 0.2) is 36.4 Å². The summed E-state index contributed by atoms with van der Waals surface area (Å²) in [6, 6.07) is 9.22. The zero-order chi connectivity index (χ0) is 19.6. The van der Waals surface area contributed by atoms with Crippen LogP contribution in [0.3, 0.4) is 0 Å². The van der Waals surface area contributed by atoms with Crippen molar-refractivity contribution in [3.05, 3.63) is 57.8 Å². The minimum atomic E-state index is -0.470. The van der Waals surface area contributed by atoms with Gasteiger partial charge in [-0.2, -0.15) is 0 Å². The molecule has 0 bridgehead atoms. The maximum absolute atomic E-state index is 13.2. The first kappa shape index (κ1) is 19.1. The fourth-order valence-corrected chi connectivity index (χ4v) is 3.64. The zero-order valence-corrected chi connectivity index (χ0v) is 16.4. The Morgan fingerprint density at radius 3 is 2.56 bits per heavy atom. The number of benzene rings is 2. The van der Waals surface area contributed by atoms with Gasteiger partial charge < -0.3 is 14.8 Å². The van der Waals surface area contributed by atoms with Gasteiger partial charge >= 0.3 is 0 Å². The molecular formula is C19H16ClFN2O3S. The number of hydrogen-bond donors (Lipinski definition) is 1. The lowest BCUT2D eigenvalue weighted by atomic mass is 10.2. The largest absolute Gasteiger partial charge is 0.493 e. The summed E-state index contributed by atoms with van der Waals surface area (Å²) in [7, 11) is 3.12. The molecule has 140 valence electrons. The summed E-state index contributed by atoms with van der Waals surface area (Å²) in [5, 5.41) is 3.49. The minimum Gasteiger partial charge on any atom is -0.493 e. The zero-order valence-electron chi connectivity index (χ0n) is 14.8. The van der Waals surface area contributed by atoms with Crippen molar-refractivity contribution in [1.29, 1.82) is 0 Å². The maximum Gasteiger partial charge on any atom is 0.267 e. The molecule has 1 amide bonds. The summed E-state index contributed by atoms with van der Waals surface area (Å²) in [5.74, 6) is 0.360. The number of anilines is 1. The molecule has 0 aliphatic rings. The van der Waals surface area contributed by atoms with Crippen LogP contribution in [0.25, 0.3) is 10.6 Å². The van der Waals surface area contributed by atoms with Gasteiger partial charge in [-0.3, -0.25) is 4.79 Å². The van der Waals surface area contributed by atoms with Gasteiger partial charge in [0.25, 0.3) is 5.91 Å². The van der Waals surface area contributed by atoms with Gasteiger partial charge in [0.1, 0.15) is 15.7 Å². The number of nitrogens with zero attached hydrogens (tertiary/aromatic N) is 1. The van der Waals surface area contributed by atoms with Crippen molar-refractivity contribution in [2.24, 2.45) is 0 Å². The summed E-state index contributed by atoms with van der Waals surface area (Å²) in [6.45, 7) is 1.75. The Bertz CT molecular complexity index is 1010. The highest BCUT2D eigenvalue weighted by atomic mass is 35.5. The molecule has 8 heteroatoms. The summed E-state index contributed by atoms with van der Waals surface area (Å²) < 4.78 is 23.7. The third-order valence-corrected chi connectivity index (χ3v) is 5.33. The second-order valence-corrected chi connectivity index (χ2v) is 6.99. The third-order valence-electron chi connectivity index (χ3n) is 3.81. The summed E-state index contributed by atoms with van der Waals surface area (Å²) in [6.07, 6.45) is 0. The van der Waals surface area contributed by atoms with Crippen LogP contribution in [0.1, 0.15) is 15.4 Å². The fraction of sp³-hybridized carbons (Fsp3) is 0.158. The monoisotopic (exact) mass is 406 g/mol. The van der Waals surface area contributed by atoms with E-state index in [1.54, 1.807) is 33.3 Å². The molecule has 0 saturated carbocycles. The third kappa shape index (κ3) is 4.04. The summed E-state index contributed by atoms with van der Waals surface area (Å²) in [4.78, 5) is 17.5. The summed E-state index contributed by atoms with van der Waals surface area (Å²) in [5.41, 5.74) is 1.73. The van der Waals surface area contributed by atoms with E-state index in [2.05, 4.69) is 10.3 Å². The molecule has 0 fully saturated rings. The average molecular weight is 407 g/mol. The Morgan fingerprint density at radius 1 is 1.15 bits per heavy atom. The Kier molecular flexibility index (Phi) is 5.62. The van der Waals surface area contributed by atoms with Gasteiger partial charge in [-0.15, -0.1) is 11.3 Å². The predicted octanol–water partition coefficient (Wildman–Crippen LogP) is 5.18. The van der Waals surface area contributed by atoms with Gasteiger partial charge in [0.05, 0.1) is 30.6 Å². The van der Waals surface area contributed by atoms with E-state index >= 15 is 0 Å². The highest BCUT2D eigenvalue weighted by Crippen LogP contribution is 2.35. The van der Waals surface area contributed by atoms with Crippen molar-refractivity contribution in [3.8, 4) is 22.1 Å². The number of carbonyl (C=O) groups is 1. The van der Waals surface area contributed by atoms with Crippen molar-refractivity contribution < 1.29 is 18.7 Å². The molecule has 3 rings (SSSR count). The van der Waals surface area contributed by atoms with Crippen LogP contribution in [0.2, 0.25) is 5.02 Å². The molecule has 0 saturated heterocycles. The van der Waals surface area contributed by atoms with E-state index in [0.29, 0.717) is 32.8 Å². The van der Waals surface area contributed by atoms with Crippen molar-refractivity contribution in [3.63, 3.8) is 0 Å². The summed E-state index contributed by atoms with van der Waals surface area (Å²) >= 11 is 7.22. The van der Waals surface area contributed by atoms with Gasteiger partial charge in [0.15, 0.2) is 11.5 Å². The molecule has 0 spiro atoms. The first-order valence-corrected chi connectivity index (χ1v) is 9.08. The van der Waals surface area contributed by atoms with E-state index in [9.17, 15) is 9.18 Å². The van der Waals surface area contributed by atoms with Crippen molar-refractivity contribution >= 4 is 34.5 Å². The normalized spacial score (nSPS) is 10.6. The second kappa shape index (κ2) is 7.94. The molecule has 1 aromatic heterocycles. The number of carbonyl (C=O) groups excluding carboxylic acids is 1. The average Bonchev–Trinajstić information content (AvgIpc) is 3.05. The molecule has 0 aliphatic heterocycles. The number of nitrogens with one attached hydrogen (secondary N) is 1. The Hall–Kier alpha value is -2.64. The van der Waals surface area contributed by atoms with Crippen LogP contribution >= 0.6 is 22.9 Å². The van der Waals surface area contributed by atoms with E-state index < -0.39 is 5.82 Å². The van der Waals surface area contributed by atoms with Gasteiger partial charge in [0.2, 0.25) is 0 Å². The van der Waals surface area contributed by atoms with E-state index in [0.717, 1.165) is 11.6 Å². The number of amides is 1. The highest BCUT2D eigenvalue weighted by molar-refractivity contribution is 7.17. The van der Waals surface area contributed by atoms with E-state index in [-0.39, 0.29) is 10.9 Å².